The van der Waals surface area contributed by atoms with Crippen molar-refractivity contribution in [3.8, 4) is 0 Å². The van der Waals surface area contributed by atoms with E-state index in [1.807, 2.05) is 7.05 Å². The van der Waals surface area contributed by atoms with E-state index in [1.54, 1.807) is 11.3 Å². The van der Waals surface area contributed by atoms with Gasteiger partial charge in [-0.3, -0.25) is 4.99 Å². The zero-order valence-electron chi connectivity index (χ0n) is 14.7. The predicted molar refractivity (Wildman–Crippen MR) is 102 cm³/mol. The fourth-order valence-corrected chi connectivity index (χ4v) is 3.80. The molecule has 0 radical (unpaired) electrons. The first-order valence-corrected chi connectivity index (χ1v) is 9.93. The summed E-state index contributed by atoms with van der Waals surface area (Å²) in [6.07, 6.45) is 6.75. The smallest absolute Gasteiger partial charge is 0.190 e. The largest absolute Gasteiger partial charge is 0.356 e. The Bertz CT molecular complexity index is 436. The number of hydrogen-bond acceptors (Lipinski definition) is 3. The van der Waals surface area contributed by atoms with Gasteiger partial charge in [0.05, 0.1) is 0 Å². The number of aliphatic imine (C=N–C) groups is 1. The van der Waals surface area contributed by atoms with Gasteiger partial charge in [-0.25, -0.2) is 0 Å². The first kappa shape index (κ1) is 18.3. The molecule has 0 amide bonds. The highest BCUT2D eigenvalue weighted by molar-refractivity contribution is 7.07. The molecule has 4 nitrogen and oxygen atoms in total. The number of hydrogen-bond donors (Lipinski definition) is 2. The lowest BCUT2D eigenvalue weighted by Crippen LogP contribution is -2.40. The molecule has 0 saturated carbocycles. The minimum absolute atomic E-state index is 0.511. The number of thiophene rings is 1. The summed E-state index contributed by atoms with van der Waals surface area (Å²) >= 11 is 1.76. The summed E-state index contributed by atoms with van der Waals surface area (Å²) in [6, 6.07) is 2.20. The van der Waals surface area contributed by atoms with Gasteiger partial charge in [0.2, 0.25) is 0 Å². The van der Waals surface area contributed by atoms with Gasteiger partial charge in [-0.05, 0) is 67.2 Å². The summed E-state index contributed by atoms with van der Waals surface area (Å²) in [6.45, 7) is 7.93. The normalized spacial score (nSPS) is 18.4. The molecule has 2 rings (SSSR count). The molecule has 23 heavy (non-hydrogen) atoms. The Balaban J connectivity index is 1.59. The predicted octanol–water partition coefficient (Wildman–Crippen LogP) is 3.28. The summed E-state index contributed by atoms with van der Waals surface area (Å²) in [4.78, 5) is 6.94. The molecule has 5 heteroatoms. The van der Waals surface area contributed by atoms with Crippen molar-refractivity contribution in [1.29, 1.82) is 0 Å². The summed E-state index contributed by atoms with van der Waals surface area (Å²) in [7, 11) is 1.85. The van der Waals surface area contributed by atoms with Crippen LogP contribution in [0.4, 0.5) is 0 Å². The maximum Gasteiger partial charge on any atom is 0.190 e. The molecule has 0 spiro atoms. The first-order valence-electron chi connectivity index (χ1n) is 8.98. The lowest BCUT2D eigenvalue weighted by Gasteiger charge is -2.20. The zero-order valence-corrected chi connectivity index (χ0v) is 15.5. The SMILES string of the molecule is CN=C(NCCCN1CCCCCC1)NCC(C)c1ccsc1. The number of rotatable bonds is 7. The van der Waals surface area contributed by atoms with Crippen molar-refractivity contribution < 1.29 is 0 Å². The first-order chi connectivity index (χ1) is 11.3. The Morgan fingerprint density at radius 1 is 1.26 bits per heavy atom. The van der Waals surface area contributed by atoms with E-state index in [-0.39, 0.29) is 0 Å². The third-order valence-electron chi connectivity index (χ3n) is 4.55. The van der Waals surface area contributed by atoms with Crippen LogP contribution < -0.4 is 10.6 Å². The number of nitrogens with one attached hydrogen (secondary N) is 2. The molecule has 0 aromatic carbocycles. The molecule has 0 bridgehead atoms. The molecular weight excluding hydrogens is 304 g/mol. The van der Waals surface area contributed by atoms with Gasteiger partial charge in [0, 0.05) is 20.1 Å². The summed E-state index contributed by atoms with van der Waals surface area (Å²) in [5, 5.41) is 11.2. The Kier molecular flexibility index (Phi) is 8.47. The van der Waals surface area contributed by atoms with E-state index in [2.05, 4.69) is 44.3 Å². The van der Waals surface area contributed by atoms with Gasteiger partial charge in [0.1, 0.15) is 0 Å². The summed E-state index contributed by atoms with van der Waals surface area (Å²) in [5.41, 5.74) is 1.40. The van der Waals surface area contributed by atoms with E-state index in [4.69, 9.17) is 0 Å². The third-order valence-corrected chi connectivity index (χ3v) is 5.26. The maximum atomic E-state index is 4.32. The van der Waals surface area contributed by atoms with Gasteiger partial charge in [-0.1, -0.05) is 19.8 Å². The fraction of sp³-hybridized carbons (Fsp3) is 0.722. The van der Waals surface area contributed by atoms with E-state index >= 15 is 0 Å². The second-order valence-corrected chi connectivity index (χ2v) is 7.23. The molecule has 2 N–H and O–H groups in total. The van der Waals surface area contributed by atoms with Crippen molar-refractivity contribution >= 4 is 17.3 Å². The topological polar surface area (TPSA) is 39.7 Å². The van der Waals surface area contributed by atoms with Gasteiger partial charge < -0.3 is 15.5 Å². The second kappa shape index (κ2) is 10.7. The molecular formula is C18H32N4S. The van der Waals surface area contributed by atoms with Crippen LogP contribution in [-0.4, -0.2) is 50.6 Å². The minimum Gasteiger partial charge on any atom is -0.356 e. The van der Waals surface area contributed by atoms with Crippen LogP contribution >= 0.6 is 11.3 Å². The van der Waals surface area contributed by atoms with E-state index in [1.165, 1.54) is 57.3 Å². The molecule has 1 aromatic rings. The van der Waals surface area contributed by atoms with E-state index in [9.17, 15) is 0 Å². The molecule has 130 valence electrons. The van der Waals surface area contributed by atoms with Gasteiger partial charge in [0.25, 0.3) is 0 Å². The Morgan fingerprint density at radius 2 is 2.04 bits per heavy atom. The van der Waals surface area contributed by atoms with Crippen LogP contribution in [0.5, 0.6) is 0 Å². The number of likely N-dealkylation sites (tertiary alicyclic amines) is 1. The van der Waals surface area contributed by atoms with Gasteiger partial charge in [0.15, 0.2) is 5.96 Å². The van der Waals surface area contributed by atoms with Crippen LogP contribution in [-0.2, 0) is 0 Å². The highest BCUT2D eigenvalue weighted by Crippen LogP contribution is 2.16. The lowest BCUT2D eigenvalue weighted by atomic mass is 10.1. The molecule has 1 unspecified atom stereocenters. The standard InChI is InChI=1S/C18H32N4S/c1-16(17-8-13-23-15-17)14-21-18(19-2)20-9-7-12-22-10-5-3-4-6-11-22/h8,13,15-16H,3-7,9-12,14H2,1-2H3,(H2,19,20,21). The molecule has 0 aliphatic carbocycles. The summed E-state index contributed by atoms with van der Waals surface area (Å²) in [5.74, 6) is 1.43. The highest BCUT2D eigenvalue weighted by Gasteiger charge is 2.09. The van der Waals surface area contributed by atoms with E-state index in [0.29, 0.717) is 5.92 Å². The van der Waals surface area contributed by atoms with Crippen LogP contribution in [0.15, 0.2) is 21.8 Å². The molecule has 1 atom stereocenters. The lowest BCUT2D eigenvalue weighted by molar-refractivity contribution is 0.282. The maximum absolute atomic E-state index is 4.32. The van der Waals surface area contributed by atoms with E-state index in [0.717, 1.165) is 19.0 Å². The van der Waals surface area contributed by atoms with Crippen molar-refractivity contribution in [1.82, 2.24) is 15.5 Å². The Hall–Kier alpha value is -1.07. The Labute approximate surface area is 145 Å². The highest BCUT2D eigenvalue weighted by atomic mass is 32.1. The molecule has 1 aliphatic heterocycles. The average molecular weight is 337 g/mol. The van der Waals surface area contributed by atoms with Crippen molar-refractivity contribution in [2.24, 2.45) is 4.99 Å². The van der Waals surface area contributed by atoms with Crippen molar-refractivity contribution in [3.63, 3.8) is 0 Å². The van der Waals surface area contributed by atoms with Crippen LogP contribution in [0, 0.1) is 0 Å². The zero-order chi connectivity index (χ0) is 16.3. The van der Waals surface area contributed by atoms with E-state index < -0.39 is 0 Å². The number of nitrogens with zero attached hydrogens (tertiary/aromatic N) is 2. The Morgan fingerprint density at radius 3 is 2.70 bits per heavy atom. The van der Waals surface area contributed by atoms with Gasteiger partial charge >= 0.3 is 0 Å². The van der Waals surface area contributed by atoms with Crippen LogP contribution in [0.3, 0.4) is 0 Å². The van der Waals surface area contributed by atoms with Crippen molar-refractivity contribution in [2.45, 2.75) is 44.9 Å². The van der Waals surface area contributed by atoms with Crippen LogP contribution in [0.25, 0.3) is 0 Å². The van der Waals surface area contributed by atoms with Crippen molar-refractivity contribution in [3.05, 3.63) is 22.4 Å². The monoisotopic (exact) mass is 336 g/mol. The molecule has 2 heterocycles. The molecule has 1 aromatic heterocycles. The van der Waals surface area contributed by atoms with Crippen LogP contribution in [0.1, 0.15) is 50.5 Å². The quantitative estimate of drug-likeness (QED) is 0.456. The fourth-order valence-electron chi connectivity index (χ4n) is 3.01. The molecule has 1 saturated heterocycles. The third kappa shape index (κ3) is 6.92. The van der Waals surface area contributed by atoms with Gasteiger partial charge in [-0.2, -0.15) is 11.3 Å². The average Bonchev–Trinajstić information content (AvgIpc) is 2.99. The minimum atomic E-state index is 0.511. The van der Waals surface area contributed by atoms with Crippen LogP contribution in [0.2, 0.25) is 0 Å². The second-order valence-electron chi connectivity index (χ2n) is 6.45. The van der Waals surface area contributed by atoms with Crippen molar-refractivity contribution in [2.75, 3.05) is 39.8 Å². The van der Waals surface area contributed by atoms with Gasteiger partial charge in [-0.15, -0.1) is 0 Å². The summed E-state index contributed by atoms with van der Waals surface area (Å²) < 4.78 is 0. The molecule has 1 fully saturated rings. The molecule has 1 aliphatic rings. The number of guanidine groups is 1.